The van der Waals surface area contributed by atoms with Crippen molar-refractivity contribution < 1.29 is 9.84 Å². The van der Waals surface area contributed by atoms with Gasteiger partial charge in [0.25, 0.3) is 0 Å². The van der Waals surface area contributed by atoms with Gasteiger partial charge in [0.15, 0.2) is 0 Å². The molecule has 0 radical (unpaired) electrons. The SMILES string of the molecule is CCc1c(C)nc(C)nc1N1C[C@@H](CN2C[C@@H](C)O[C@@H](C)C2)[C@@H](CO)C1. The molecule has 6 nitrogen and oxygen atoms in total. The maximum Gasteiger partial charge on any atom is 0.135 e. The first kappa shape index (κ1) is 19.5. The highest BCUT2D eigenvalue weighted by molar-refractivity contribution is 5.50. The summed E-state index contributed by atoms with van der Waals surface area (Å²) >= 11 is 0. The minimum atomic E-state index is 0.237. The second-order valence-corrected chi connectivity index (χ2v) is 8.10. The molecule has 3 heterocycles. The number of hydrogen-bond donors (Lipinski definition) is 1. The van der Waals surface area contributed by atoms with E-state index in [4.69, 9.17) is 9.72 Å². The molecule has 2 saturated heterocycles. The summed E-state index contributed by atoms with van der Waals surface area (Å²) in [7, 11) is 0. The van der Waals surface area contributed by atoms with E-state index >= 15 is 0 Å². The number of hydrogen-bond acceptors (Lipinski definition) is 6. The number of aryl methyl sites for hydroxylation is 2. The molecule has 6 heteroatoms. The third-order valence-corrected chi connectivity index (χ3v) is 5.76. The maximum atomic E-state index is 9.97. The van der Waals surface area contributed by atoms with Crippen molar-refractivity contribution in [2.24, 2.45) is 11.8 Å². The fourth-order valence-electron chi connectivity index (χ4n) is 4.68. The number of aliphatic hydroxyl groups is 1. The molecule has 0 aliphatic carbocycles. The summed E-state index contributed by atoms with van der Waals surface area (Å²) in [4.78, 5) is 14.2. The molecule has 0 amide bonds. The van der Waals surface area contributed by atoms with Crippen LogP contribution in [0.5, 0.6) is 0 Å². The summed E-state index contributed by atoms with van der Waals surface area (Å²) < 4.78 is 5.86. The molecule has 1 aromatic rings. The van der Waals surface area contributed by atoms with Crippen LogP contribution in [0.25, 0.3) is 0 Å². The highest BCUT2D eigenvalue weighted by Crippen LogP contribution is 2.31. The molecule has 146 valence electrons. The van der Waals surface area contributed by atoms with Crippen molar-refractivity contribution in [3.05, 3.63) is 17.1 Å². The Morgan fingerprint density at radius 3 is 2.31 bits per heavy atom. The Balaban J connectivity index is 1.75. The number of morpholine rings is 1. The van der Waals surface area contributed by atoms with Gasteiger partial charge < -0.3 is 14.7 Å². The maximum absolute atomic E-state index is 9.97. The number of aliphatic hydroxyl groups excluding tert-OH is 1. The Morgan fingerprint density at radius 1 is 1.04 bits per heavy atom. The minimum absolute atomic E-state index is 0.237. The predicted molar refractivity (Wildman–Crippen MR) is 104 cm³/mol. The predicted octanol–water partition coefficient (Wildman–Crippen LogP) is 1.81. The Labute approximate surface area is 157 Å². The summed E-state index contributed by atoms with van der Waals surface area (Å²) in [6.07, 6.45) is 1.50. The molecule has 0 aromatic carbocycles. The number of rotatable bonds is 5. The Hall–Kier alpha value is -1.24. The molecule has 2 aliphatic rings. The smallest absolute Gasteiger partial charge is 0.135 e. The van der Waals surface area contributed by atoms with E-state index in [1.54, 1.807) is 0 Å². The van der Waals surface area contributed by atoms with Crippen LogP contribution in [-0.2, 0) is 11.2 Å². The van der Waals surface area contributed by atoms with E-state index in [1.807, 2.05) is 6.92 Å². The van der Waals surface area contributed by atoms with Crippen LogP contribution in [0.4, 0.5) is 5.82 Å². The van der Waals surface area contributed by atoms with E-state index in [0.29, 0.717) is 11.8 Å². The topological polar surface area (TPSA) is 61.7 Å². The summed E-state index contributed by atoms with van der Waals surface area (Å²) in [6.45, 7) is 15.5. The first-order valence-electron chi connectivity index (χ1n) is 9.98. The minimum Gasteiger partial charge on any atom is -0.396 e. The largest absolute Gasteiger partial charge is 0.396 e. The zero-order valence-corrected chi connectivity index (χ0v) is 16.9. The van der Waals surface area contributed by atoms with Crippen LogP contribution < -0.4 is 4.90 Å². The van der Waals surface area contributed by atoms with Gasteiger partial charge in [-0.25, -0.2) is 9.97 Å². The Bertz CT molecular complexity index is 614. The van der Waals surface area contributed by atoms with Crippen molar-refractivity contribution >= 4 is 5.82 Å². The average molecular weight is 363 g/mol. The second kappa shape index (κ2) is 8.19. The number of anilines is 1. The molecular formula is C20H34N4O2. The molecule has 2 fully saturated rings. The summed E-state index contributed by atoms with van der Waals surface area (Å²) in [5.41, 5.74) is 2.32. The molecule has 1 aromatic heterocycles. The third kappa shape index (κ3) is 4.18. The lowest BCUT2D eigenvalue weighted by Crippen LogP contribution is -2.48. The zero-order valence-electron chi connectivity index (χ0n) is 16.9. The van der Waals surface area contributed by atoms with Crippen molar-refractivity contribution in [2.45, 2.75) is 53.2 Å². The molecule has 4 atom stereocenters. The van der Waals surface area contributed by atoms with Crippen LogP contribution >= 0.6 is 0 Å². The quantitative estimate of drug-likeness (QED) is 0.862. The van der Waals surface area contributed by atoms with Crippen LogP contribution in [0.2, 0.25) is 0 Å². The molecule has 0 unspecified atom stereocenters. The van der Waals surface area contributed by atoms with Crippen LogP contribution in [0.15, 0.2) is 0 Å². The van der Waals surface area contributed by atoms with Gasteiger partial charge in [-0.05, 0) is 40.0 Å². The molecule has 2 aliphatic heterocycles. The van der Waals surface area contributed by atoms with E-state index in [9.17, 15) is 5.11 Å². The number of nitrogens with zero attached hydrogens (tertiary/aromatic N) is 4. The van der Waals surface area contributed by atoms with Crippen molar-refractivity contribution in [3.63, 3.8) is 0 Å². The summed E-state index contributed by atoms with van der Waals surface area (Å²) in [5.74, 6) is 2.65. The van der Waals surface area contributed by atoms with Gasteiger partial charge in [0, 0.05) is 56.5 Å². The van der Waals surface area contributed by atoms with E-state index < -0.39 is 0 Å². The van der Waals surface area contributed by atoms with Crippen LogP contribution in [0.1, 0.15) is 37.9 Å². The molecule has 0 spiro atoms. The van der Waals surface area contributed by atoms with Gasteiger partial charge in [-0.15, -0.1) is 0 Å². The lowest BCUT2D eigenvalue weighted by molar-refractivity contribution is -0.0725. The fraction of sp³-hybridized carbons (Fsp3) is 0.800. The first-order chi connectivity index (χ1) is 12.4. The summed E-state index contributed by atoms with van der Waals surface area (Å²) in [5, 5.41) is 9.97. The van der Waals surface area contributed by atoms with Crippen molar-refractivity contribution in [1.82, 2.24) is 14.9 Å². The number of aromatic nitrogens is 2. The normalized spacial score (nSPS) is 30.2. The van der Waals surface area contributed by atoms with E-state index in [1.165, 1.54) is 5.56 Å². The van der Waals surface area contributed by atoms with E-state index in [2.05, 4.69) is 42.5 Å². The van der Waals surface area contributed by atoms with Crippen LogP contribution in [-0.4, -0.2) is 71.5 Å². The lowest BCUT2D eigenvalue weighted by atomic mass is 9.96. The van der Waals surface area contributed by atoms with Crippen molar-refractivity contribution in [1.29, 1.82) is 0 Å². The van der Waals surface area contributed by atoms with Gasteiger partial charge in [0.2, 0.25) is 0 Å². The van der Waals surface area contributed by atoms with Crippen LogP contribution in [0.3, 0.4) is 0 Å². The lowest BCUT2D eigenvalue weighted by Gasteiger charge is -2.37. The van der Waals surface area contributed by atoms with Crippen LogP contribution in [0, 0.1) is 25.7 Å². The highest BCUT2D eigenvalue weighted by Gasteiger charge is 2.36. The molecule has 1 N–H and O–H groups in total. The molecule has 0 bridgehead atoms. The van der Waals surface area contributed by atoms with Crippen molar-refractivity contribution in [2.75, 3.05) is 44.2 Å². The molecular weight excluding hydrogens is 328 g/mol. The molecule has 26 heavy (non-hydrogen) atoms. The second-order valence-electron chi connectivity index (χ2n) is 8.10. The first-order valence-corrected chi connectivity index (χ1v) is 9.98. The van der Waals surface area contributed by atoms with E-state index in [0.717, 1.165) is 56.5 Å². The van der Waals surface area contributed by atoms with Gasteiger partial charge >= 0.3 is 0 Å². The van der Waals surface area contributed by atoms with Gasteiger partial charge in [-0.3, -0.25) is 4.90 Å². The Kier molecular flexibility index (Phi) is 6.15. The van der Waals surface area contributed by atoms with Gasteiger partial charge in [0.05, 0.1) is 12.2 Å². The zero-order chi connectivity index (χ0) is 18.8. The standard InChI is InChI=1S/C20H34N4O2/c1-6-19-15(4)21-16(5)22-20(19)24-10-17(18(11-24)12-25)9-23-7-13(2)26-14(3)8-23/h13-14,17-18,25H,6-12H2,1-5H3/t13-,14+,17-,18-/m1/s1. The van der Waals surface area contributed by atoms with Crippen molar-refractivity contribution in [3.8, 4) is 0 Å². The fourth-order valence-corrected chi connectivity index (χ4v) is 4.68. The Morgan fingerprint density at radius 2 is 1.69 bits per heavy atom. The molecule has 0 saturated carbocycles. The number of ether oxygens (including phenoxy) is 1. The van der Waals surface area contributed by atoms with Gasteiger partial charge in [-0.1, -0.05) is 6.92 Å². The van der Waals surface area contributed by atoms with Gasteiger partial charge in [0.1, 0.15) is 11.6 Å². The van der Waals surface area contributed by atoms with E-state index in [-0.39, 0.29) is 18.8 Å². The molecule has 3 rings (SSSR count). The summed E-state index contributed by atoms with van der Waals surface area (Å²) in [6, 6.07) is 0. The highest BCUT2D eigenvalue weighted by atomic mass is 16.5. The average Bonchev–Trinajstić information content (AvgIpc) is 2.96. The van der Waals surface area contributed by atoms with Gasteiger partial charge in [-0.2, -0.15) is 0 Å². The third-order valence-electron chi connectivity index (χ3n) is 5.76. The monoisotopic (exact) mass is 362 g/mol.